The number of aromatic nitrogens is 2. The third-order valence-corrected chi connectivity index (χ3v) is 5.57. The maximum atomic E-state index is 12.6. The lowest BCUT2D eigenvalue weighted by molar-refractivity contribution is -0.192. The van der Waals surface area contributed by atoms with Gasteiger partial charge in [0.1, 0.15) is 6.26 Å². The van der Waals surface area contributed by atoms with Crippen LogP contribution in [0.3, 0.4) is 0 Å². The monoisotopic (exact) mass is 457 g/mol. The van der Waals surface area contributed by atoms with Crippen LogP contribution in [0, 0.1) is 0 Å². The van der Waals surface area contributed by atoms with Gasteiger partial charge in [-0.15, -0.1) is 0 Å². The first kappa shape index (κ1) is 23.3. The van der Waals surface area contributed by atoms with Crippen LogP contribution in [0.5, 0.6) is 0 Å². The zero-order chi connectivity index (χ0) is 23.7. The molecule has 2 amide bonds. The number of hydrogen-bond acceptors (Lipinski definition) is 6. The van der Waals surface area contributed by atoms with Gasteiger partial charge in [-0.3, -0.25) is 19.2 Å². The predicted octanol–water partition coefficient (Wildman–Crippen LogP) is 1.21. The van der Waals surface area contributed by atoms with Crippen molar-refractivity contribution < 1.29 is 37.1 Å². The summed E-state index contributed by atoms with van der Waals surface area (Å²) in [5, 5.41) is 11.3. The first-order valence-corrected chi connectivity index (χ1v) is 9.55. The molecule has 0 aliphatic carbocycles. The third kappa shape index (κ3) is 4.77. The number of hydrogen-bond donors (Lipinski definition) is 1. The summed E-state index contributed by atoms with van der Waals surface area (Å²) in [6.07, 6.45) is 2.29. The number of carbonyl (C=O) groups is 3. The molecule has 0 aromatic carbocycles. The average Bonchev–Trinajstić information content (AvgIpc) is 3.46. The van der Waals surface area contributed by atoms with Gasteiger partial charge in [-0.2, -0.15) is 18.3 Å². The summed E-state index contributed by atoms with van der Waals surface area (Å²) in [7, 11) is 3.80. The largest absolute Gasteiger partial charge is 0.490 e. The lowest BCUT2D eigenvalue weighted by Crippen LogP contribution is -2.64. The molecule has 13 heteroatoms. The maximum Gasteiger partial charge on any atom is 0.490 e. The van der Waals surface area contributed by atoms with Crippen LogP contribution in [0.25, 0.3) is 0 Å². The predicted molar refractivity (Wildman–Crippen MR) is 104 cm³/mol. The van der Waals surface area contributed by atoms with Crippen LogP contribution < -0.4 is 4.90 Å². The van der Waals surface area contributed by atoms with Gasteiger partial charge in [-0.1, -0.05) is 0 Å². The van der Waals surface area contributed by atoms with E-state index in [4.69, 9.17) is 14.3 Å². The number of alkyl halides is 3. The molecule has 1 N–H and O–H groups in total. The Hall–Kier alpha value is -3.35. The van der Waals surface area contributed by atoms with Gasteiger partial charge in [-0.25, -0.2) is 4.79 Å². The molecular weight excluding hydrogens is 435 g/mol. The van der Waals surface area contributed by atoms with Crippen molar-refractivity contribution in [3.8, 4) is 0 Å². The van der Waals surface area contributed by atoms with Crippen LogP contribution in [0.2, 0.25) is 0 Å². The number of likely N-dealkylation sites (N-methyl/N-ethyl adjacent to an activating group) is 1. The van der Waals surface area contributed by atoms with Crippen LogP contribution in [-0.2, 0) is 16.6 Å². The molecule has 32 heavy (non-hydrogen) atoms. The summed E-state index contributed by atoms with van der Waals surface area (Å²) in [6, 6.07) is 1.68. The number of rotatable bonds is 2. The summed E-state index contributed by atoms with van der Waals surface area (Å²) in [5.41, 5.74) is 1.14. The molecule has 1 spiro atoms. The number of carboxylic acids is 1. The molecular formula is C19H22F3N5O5. The van der Waals surface area contributed by atoms with E-state index in [0.717, 1.165) is 12.1 Å². The lowest BCUT2D eigenvalue weighted by Gasteiger charge is -2.46. The Bertz CT molecular complexity index is 990. The fourth-order valence-electron chi connectivity index (χ4n) is 3.78. The minimum Gasteiger partial charge on any atom is -0.475 e. The number of aryl methyl sites for hydroxylation is 1. The van der Waals surface area contributed by atoms with Crippen molar-refractivity contribution in [2.24, 2.45) is 7.05 Å². The molecule has 2 aliphatic heterocycles. The lowest BCUT2D eigenvalue weighted by atomic mass is 9.93. The van der Waals surface area contributed by atoms with Crippen molar-refractivity contribution >= 4 is 23.5 Å². The molecule has 2 aromatic rings. The summed E-state index contributed by atoms with van der Waals surface area (Å²) < 4.78 is 38.5. The molecule has 174 valence electrons. The van der Waals surface area contributed by atoms with Crippen LogP contribution in [-0.4, -0.2) is 87.4 Å². The summed E-state index contributed by atoms with van der Waals surface area (Å²) >= 11 is 0. The highest BCUT2D eigenvalue weighted by molar-refractivity contribution is 5.96. The molecule has 2 fully saturated rings. The number of carbonyl (C=O) groups excluding carboxylic acids is 2. The van der Waals surface area contributed by atoms with Gasteiger partial charge in [0.25, 0.3) is 5.91 Å². The van der Waals surface area contributed by atoms with Crippen molar-refractivity contribution in [2.75, 3.05) is 38.1 Å². The number of halogens is 3. The van der Waals surface area contributed by atoms with Gasteiger partial charge >= 0.3 is 12.1 Å². The second kappa shape index (κ2) is 8.65. The van der Waals surface area contributed by atoms with E-state index in [2.05, 4.69) is 10.00 Å². The number of furan rings is 1. The smallest absolute Gasteiger partial charge is 0.475 e. The fourth-order valence-corrected chi connectivity index (χ4v) is 3.78. The number of aliphatic carboxylic acids is 1. The number of likely N-dealkylation sites (tertiary alicyclic amines) is 1. The van der Waals surface area contributed by atoms with Gasteiger partial charge in [-0.05, 0) is 19.5 Å². The zero-order valence-corrected chi connectivity index (χ0v) is 17.4. The van der Waals surface area contributed by atoms with E-state index in [9.17, 15) is 22.8 Å². The van der Waals surface area contributed by atoms with Gasteiger partial charge < -0.3 is 19.3 Å². The summed E-state index contributed by atoms with van der Waals surface area (Å²) in [6.45, 7) is 2.16. The highest BCUT2D eigenvalue weighted by atomic mass is 19.4. The van der Waals surface area contributed by atoms with Gasteiger partial charge in [0.15, 0.2) is 0 Å². The Kier molecular flexibility index (Phi) is 6.30. The van der Waals surface area contributed by atoms with Crippen LogP contribution in [0.15, 0.2) is 35.4 Å². The Morgan fingerprint density at radius 3 is 2.47 bits per heavy atom. The second-order valence-electron chi connectivity index (χ2n) is 7.72. The number of amides is 2. The van der Waals surface area contributed by atoms with E-state index in [-0.39, 0.29) is 17.4 Å². The Morgan fingerprint density at radius 1 is 1.25 bits per heavy atom. The van der Waals surface area contributed by atoms with Crippen molar-refractivity contribution in [1.29, 1.82) is 0 Å². The van der Waals surface area contributed by atoms with Crippen molar-refractivity contribution in [1.82, 2.24) is 19.6 Å². The minimum absolute atomic E-state index is 0.0242. The van der Waals surface area contributed by atoms with Crippen molar-refractivity contribution in [3.05, 3.63) is 36.5 Å². The molecule has 0 bridgehead atoms. The number of carboxylic acid groups (broad SMARTS) is 1. The standard InChI is InChI=1S/C17H21N5O3.C2HF3O2/c1-19-9-15(23)22(14-7-18-20(2)8-14)12-17(19)4-5-21(11-17)16(24)13-3-6-25-10-13;3-2(4,5)1(6)7/h3,6-8,10H,4-5,9,11-12H2,1-2H3;(H,6,7). The molecule has 1 atom stereocenters. The van der Waals surface area contributed by atoms with Crippen molar-refractivity contribution in [3.63, 3.8) is 0 Å². The van der Waals surface area contributed by atoms with Crippen LogP contribution in [0.4, 0.5) is 18.9 Å². The maximum absolute atomic E-state index is 12.6. The second-order valence-corrected chi connectivity index (χ2v) is 7.72. The molecule has 2 aliphatic rings. The Labute approximate surface area is 180 Å². The fraction of sp³-hybridized carbons (Fsp3) is 0.474. The molecule has 4 heterocycles. The summed E-state index contributed by atoms with van der Waals surface area (Å²) in [5.74, 6) is -2.72. The normalized spacial score (nSPS) is 21.6. The SMILES string of the molecule is CN1CC(=O)N(c2cnn(C)c2)CC12CCN(C(=O)c1ccoc1)C2.O=C(O)C(F)(F)F. The topological polar surface area (TPSA) is 112 Å². The third-order valence-electron chi connectivity index (χ3n) is 5.57. The molecule has 0 radical (unpaired) electrons. The van der Waals surface area contributed by atoms with Crippen LogP contribution >= 0.6 is 0 Å². The highest BCUT2D eigenvalue weighted by Gasteiger charge is 2.49. The quantitative estimate of drug-likeness (QED) is 0.722. The number of piperazine rings is 1. The number of anilines is 1. The Balaban J connectivity index is 0.000000360. The highest BCUT2D eigenvalue weighted by Crippen LogP contribution is 2.33. The molecule has 0 saturated carbocycles. The molecule has 2 aromatic heterocycles. The molecule has 2 saturated heterocycles. The van der Waals surface area contributed by atoms with Gasteiger partial charge in [0.2, 0.25) is 5.91 Å². The van der Waals surface area contributed by atoms with E-state index in [1.807, 2.05) is 25.2 Å². The van der Waals surface area contributed by atoms with E-state index >= 15 is 0 Å². The van der Waals surface area contributed by atoms with E-state index in [0.29, 0.717) is 31.7 Å². The molecule has 10 nitrogen and oxygen atoms in total. The molecule has 1 unspecified atom stereocenters. The number of nitrogens with zero attached hydrogens (tertiary/aromatic N) is 5. The molecule has 4 rings (SSSR count). The first-order valence-electron chi connectivity index (χ1n) is 9.55. The Morgan fingerprint density at radius 2 is 1.94 bits per heavy atom. The van der Waals surface area contributed by atoms with E-state index in [1.54, 1.807) is 21.8 Å². The summed E-state index contributed by atoms with van der Waals surface area (Å²) in [4.78, 5) is 39.7. The van der Waals surface area contributed by atoms with E-state index < -0.39 is 12.1 Å². The minimum atomic E-state index is -5.08. The van der Waals surface area contributed by atoms with E-state index in [1.165, 1.54) is 12.5 Å². The average molecular weight is 457 g/mol. The van der Waals surface area contributed by atoms with Gasteiger partial charge in [0.05, 0.1) is 35.8 Å². The first-order chi connectivity index (χ1) is 14.9. The zero-order valence-electron chi connectivity index (χ0n) is 17.4. The van der Waals surface area contributed by atoms with Gasteiger partial charge in [0, 0.05) is 32.9 Å². The van der Waals surface area contributed by atoms with Crippen LogP contribution in [0.1, 0.15) is 16.8 Å². The van der Waals surface area contributed by atoms with Crippen molar-refractivity contribution in [2.45, 2.75) is 18.1 Å².